The molecule has 4 rings (SSSR count). The van der Waals surface area contributed by atoms with Crippen LogP contribution in [0.25, 0.3) is 0 Å². The lowest BCUT2D eigenvalue weighted by molar-refractivity contribution is -0.139. The number of para-hydroxylation sites is 1. The van der Waals surface area contributed by atoms with E-state index >= 15 is 8.42 Å². The van der Waals surface area contributed by atoms with Crippen LogP contribution in [-0.4, -0.2) is 57.4 Å². The standard InChI is InChI=1S/C34H44N2O6S2/c1-6-9-19-34(7-2)25-35(28-13-11-10-12-14-28)30-21-31(41-5)27(23-43-24-33(37)42-8-3)20-32(30)44(38,39)36(34)22-26-15-17-29(40-4)18-16-26/h10-18,20-21H,6-9,19,22-25H2,1-5H3. The summed E-state index contributed by atoms with van der Waals surface area (Å²) in [5.41, 5.74) is 2.40. The number of rotatable bonds is 14. The molecule has 0 bridgehead atoms. The summed E-state index contributed by atoms with van der Waals surface area (Å²) in [6.07, 6.45) is 3.19. The van der Waals surface area contributed by atoms with E-state index in [2.05, 4.69) is 18.7 Å². The van der Waals surface area contributed by atoms with Gasteiger partial charge in [-0.3, -0.25) is 4.79 Å². The molecule has 3 aromatic rings. The molecule has 0 N–H and O–H groups in total. The lowest BCUT2D eigenvalue weighted by Gasteiger charge is -2.43. The number of unbranched alkanes of at least 4 members (excludes halogenated alkanes) is 1. The number of nitrogens with zero attached hydrogens (tertiary/aromatic N) is 2. The number of benzene rings is 3. The van der Waals surface area contributed by atoms with Gasteiger partial charge in [0.05, 0.1) is 37.8 Å². The molecule has 1 atom stereocenters. The lowest BCUT2D eigenvalue weighted by Crippen LogP contribution is -2.54. The maximum atomic E-state index is 15.0. The highest BCUT2D eigenvalue weighted by atomic mass is 32.2. The number of hydrogen-bond donors (Lipinski definition) is 0. The molecule has 3 aromatic carbocycles. The van der Waals surface area contributed by atoms with Crippen LogP contribution >= 0.6 is 11.8 Å². The highest BCUT2D eigenvalue weighted by Crippen LogP contribution is 2.47. The number of ether oxygens (including phenoxy) is 3. The van der Waals surface area contributed by atoms with Crippen LogP contribution in [0.5, 0.6) is 11.5 Å². The summed E-state index contributed by atoms with van der Waals surface area (Å²) in [6.45, 7) is 7.02. The van der Waals surface area contributed by atoms with Gasteiger partial charge in [0, 0.05) is 36.2 Å². The van der Waals surface area contributed by atoms with Crippen LogP contribution in [0.3, 0.4) is 0 Å². The SMILES string of the molecule is CCCCC1(CC)CN(c2ccccc2)c2cc(OC)c(CSCC(=O)OCC)cc2S(=O)(=O)N1Cc1ccc(OC)cc1. The lowest BCUT2D eigenvalue weighted by atomic mass is 9.88. The molecule has 238 valence electrons. The fourth-order valence-corrected chi connectivity index (χ4v) is 8.62. The minimum Gasteiger partial charge on any atom is -0.497 e. The predicted molar refractivity (Wildman–Crippen MR) is 178 cm³/mol. The maximum absolute atomic E-state index is 15.0. The van der Waals surface area contributed by atoms with Gasteiger partial charge in [0.2, 0.25) is 10.0 Å². The van der Waals surface area contributed by atoms with Crippen molar-refractivity contribution in [3.63, 3.8) is 0 Å². The molecule has 44 heavy (non-hydrogen) atoms. The van der Waals surface area contributed by atoms with Gasteiger partial charge in [-0.2, -0.15) is 4.31 Å². The Balaban J connectivity index is 1.91. The van der Waals surface area contributed by atoms with Crippen molar-refractivity contribution in [1.29, 1.82) is 0 Å². The summed E-state index contributed by atoms with van der Waals surface area (Å²) >= 11 is 1.37. The average Bonchev–Trinajstić information content (AvgIpc) is 3.11. The van der Waals surface area contributed by atoms with Gasteiger partial charge in [-0.25, -0.2) is 8.42 Å². The molecule has 0 spiro atoms. The van der Waals surface area contributed by atoms with Gasteiger partial charge >= 0.3 is 5.97 Å². The first kappa shape index (κ1) is 33.7. The second-order valence-electron chi connectivity index (χ2n) is 10.9. The number of sulfonamides is 1. The smallest absolute Gasteiger partial charge is 0.315 e. The zero-order valence-corrected chi connectivity index (χ0v) is 28.0. The van der Waals surface area contributed by atoms with Crippen LogP contribution in [0.15, 0.2) is 71.6 Å². The molecule has 8 nitrogen and oxygen atoms in total. The van der Waals surface area contributed by atoms with E-state index in [0.29, 0.717) is 48.7 Å². The third-order valence-electron chi connectivity index (χ3n) is 8.19. The Morgan fingerprint density at radius 1 is 0.977 bits per heavy atom. The van der Waals surface area contributed by atoms with Crippen molar-refractivity contribution in [2.45, 2.75) is 69.2 Å². The number of carbonyl (C=O) groups excluding carboxylic acids is 1. The van der Waals surface area contributed by atoms with Crippen LogP contribution in [0.1, 0.15) is 57.6 Å². The molecule has 0 amide bonds. The van der Waals surface area contributed by atoms with Crippen molar-refractivity contribution in [2.75, 3.05) is 38.0 Å². The van der Waals surface area contributed by atoms with Gasteiger partial charge in [0.25, 0.3) is 0 Å². The quantitative estimate of drug-likeness (QED) is 0.171. The van der Waals surface area contributed by atoms with E-state index in [1.807, 2.05) is 60.7 Å². The largest absolute Gasteiger partial charge is 0.497 e. The van der Waals surface area contributed by atoms with E-state index in [1.165, 1.54) is 11.8 Å². The summed E-state index contributed by atoms with van der Waals surface area (Å²) in [5.74, 6) is 1.55. The van der Waals surface area contributed by atoms with Gasteiger partial charge in [-0.05, 0) is 55.7 Å². The van der Waals surface area contributed by atoms with Gasteiger partial charge < -0.3 is 19.1 Å². The Bertz CT molecular complexity index is 1500. The first-order valence-corrected chi connectivity index (χ1v) is 17.7. The molecule has 0 aliphatic carbocycles. The minimum absolute atomic E-state index is 0.163. The normalized spacial score (nSPS) is 17.9. The molecular formula is C34H44N2O6S2. The number of methoxy groups -OCH3 is 2. The first-order chi connectivity index (χ1) is 21.2. The van der Waals surface area contributed by atoms with Crippen LogP contribution in [0.4, 0.5) is 11.4 Å². The summed E-state index contributed by atoms with van der Waals surface area (Å²) in [4.78, 5) is 14.4. The third-order valence-corrected chi connectivity index (χ3v) is 11.1. The number of anilines is 2. The average molecular weight is 641 g/mol. The third kappa shape index (κ3) is 7.35. The predicted octanol–water partition coefficient (Wildman–Crippen LogP) is 7.18. The molecule has 0 aromatic heterocycles. The summed E-state index contributed by atoms with van der Waals surface area (Å²) in [7, 11) is -0.809. The highest BCUT2D eigenvalue weighted by Gasteiger charge is 2.48. The van der Waals surface area contributed by atoms with Crippen molar-refractivity contribution in [3.05, 3.63) is 77.9 Å². The molecule has 1 heterocycles. The van der Waals surface area contributed by atoms with E-state index in [-0.39, 0.29) is 23.2 Å². The number of esters is 1. The molecule has 1 aliphatic heterocycles. The topological polar surface area (TPSA) is 85.4 Å². The summed E-state index contributed by atoms with van der Waals surface area (Å²) in [6, 6.07) is 21.1. The van der Waals surface area contributed by atoms with Crippen LogP contribution in [0.2, 0.25) is 0 Å². The van der Waals surface area contributed by atoms with E-state index in [4.69, 9.17) is 14.2 Å². The van der Waals surface area contributed by atoms with Crippen LogP contribution in [-0.2, 0) is 31.9 Å². The van der Waals surface area contributed by atoms with E-state index in [0.717, 1.165) is 29.8 Å². The zero-order valence-electron chi connectivity index (χ0n) is 26.4. The van der Waals surface area contributed by atoms with Crippen molar-refractivity contribution >= 4 is 39.1 Å². The van der Waals surface area contributed by atoms with Gasteiger partial charge in [0.15, 0.2) is 0 Å². The van der Waals surface area contributed by atoms with Gasteiger partial charge in [-0.1, -0.05) is 57.0 Å². The van der Waals surface area contributed by atoms with E-state index in [1.54, 1.807) is 31.5 Å². The second kappa shape index (κ2) is 15.2. The highest BCUT2D eigenvalue weighted by molar-refractivity contribution is 7.99. The Hall–Kier alpha value is -3.21. The van der Waals surface area contributed by atoms with Crippen molar-refractivity contribution in [3.8, 4) is 11.5 Å². The van der Waals surface area contributed by atoms with Crippen LogP contribution < -0.4 is 14.4 Å². The summed E-state index contributed by atoms with van der Waals surface area (Å²) in [5, 5.41) is 0. The van der Waals surface area contributed by atoms with Crippen molar-refractivity contribution in [1.82, 2.24) is 4.31 Å². The molecule has 1 aliphatic rings. The Kier molecular flexibility index (Phi) is 11.6. The van der Waals surface area contributed by atoms with Crippen LogP contribution in [0, 0.1) is 0 Å². The first-order valence-electron chi connectivity index (χ1n) is 15.2. The monoisotopic (exact) mass is 640 g/mol. The Labute approximate surface area is 266 Å². The Morgan fingerprint density at radius 2 is 1.70 bits per heavy atom. The molecule has 10 heteroatoms. The summed E-state index contributed by atoms with van der Waals surface area (Å²) < 4.78 is 48.1. The minimum atomic E-state index is -4.02. The van der Waals surface area contributed by atoms with Crippen molar-refractivity contribution < 1.29 is 27.4 Å². The fraction of sp³-hybridized carbons (Fsp3) is 0.441. The molecule has 0 saturated carbocycles. The number of fused-ring (bicyclic) bond motifs is 1. The van der Waals surface area contributed by atoms with Gasteiger partial charge in [-0.15, -0.1) is 11.8 Å². The molecular weight excluding hydrogens is 597 g/mol. The second-order valence-corrected chi connectivity index (χ2v) is 13.7. The number of carbonyl (C=O) groups is 1. The molecule has 0 fully saturated rings. The molecule has 0 saturated heterocycles. The number of hydrogen-bond acceptors (Lipinski definition) is 8. The van der Waals surface area contributed by atoms with E-state index in [9.17, 15) is 4.79 Å². The zero-order chi connectivity index (χ0) is 31.7. The van der Waals surface area contributed by atoms with Gasteiger partial charge in [0.1, 0.15) is 16.4 Å². The Morgan fingerprint density at radius 3 is 2.32 bits per heavy atom. The number of thioether (sulfide) groups is 1. The molecule has 0 radical (unpaired) electrons. The van der Waals surface area contributed by atoms with Crippen molar-refractivity contribution in [2.24, 2.45) is 0 Å². The fourth-order valence-electron chi connectivity index (χ4n) is 5.75. The maximum Gasteiger partial charge on any atom is 0.315 e. The van der Waals surface area contributed by atoms with E-state index < -0.39 is 15.6 Å². The molecule has 1 unspecified atom stereocenters.